The zero-order valence-electron chi connectivity index (χ0n) is 13.2. The van der Waals surface area contributed by atoms with Gasteiger partial charge in [-0.2, -0.15) is 0 Å². The van der Waals surface area contributed by atoms with Gasteiger partial charge in [-0.15, -0.1) is 0 Å². The highest BCUT2D eigenvalue weighted by Crippen LogP contribution is 2.21. The first-order chi connectivity index (χ1) is 10.8. The Labute approximate surface area is 132 Å². The van der Waals surface area contributed by atoms with E-state index in [-0.39, 0.29) is 0 Å². The minimum absolute atomic E-state index is 0.321. The van der Waals surface area contributed by atoms with Gasteiger partial charge in [0.05, 0.1) is 6.61 Å². The van der Waals surface area contributed by atoms with Gasteiger partial charge in [-0.05, 0) is 50.3 Å². The molecule has 0 bridgehead atoms. The van der Waals surface area contributed by atoms with Crippen molar-refractivity contribution in [2.24, 2.45) is 5.92 Å². The van der Waals surface area contributed by atoms with Crippen molar-refractivity contribution in [2.75, 3.05) is 26.2 Å². The molecule has 2 heterocycles. The lowest BCUT2D eigenvalue weighted by Gasteiger charge is -2.32. The summed E-state index contributed by atoms with van der Waals surface area (Å²) >= 11 is 0. The summed E-state index contributed by atoms with van der Waals surface area (Å²) in [5.41, 5.74) is 0. The lowest BCUT2D eigenvalue weighted by Crippen LogP contribution is -2.41. The van der Waals surface area contributed by atoms with E-state index in [4.69, 9.17) is 4.74 Å². The minimum Gasteiger partial charge on any atom is -0.493 e. The maximum absolute atomic E-state index is 12.3. The Kier molecular flexibility index (Phi) is 5.33. The average molecular weight is 302 g/mol. The number of hydrogen-bond acceptors (Lipinski definition) is 3. The lowest BCUT2D eigenvalue weighted by atomic mass is 9.97. The molecular weight excluding hydrogens is 276 g/mol. The third-order valence-corrected chi connectivity index (χ3v) is 4.78. The molecule has 0 aromatic heterocycles. The Bertz CT molecular complexity index is 463. The Balaban J connectivity index is 1.37. The predicted octanol–water partition coefficient (Wildman–Crippen LogP) is 2.45. The lowest BCUT2D eigenvalue weighted by molar-refractivity contribution is -0.133. The third kappa shape index (κ3) is 4.23. The van der Waals surface area contributed by atoms with Crippen LogP contribution in [0.4, 0.5) is 0 Å². The van der Waals surface area contributed by atoms with Gasteiger partial charge in [0.25, 0.3) is 0 Å². The molecule has 4 heteroatoms. The van der Waals surface area contributed by atoms with Gasteiger partial charge >= 0.3 is 0 Å². The van der Waals surface area contributed by atoms with Crippen molar-refractivity contribution in [2.45, 2.75) is 38.1 Å². The van der Waals surface area contributed by atoms with Crippen molar-refractivity contribution >= 4 is 5.91 Å². The fraction of sp³-hybridized carbons (Fsp3) is 0.611. The Morgan fingerprint density at radius 1 is 1.18 bits per heavy atom. The van der Waals surface area contributed by atoms with E-state index in [0.717, 1.165) is 51.3 Å². The van der Waals surface area contributed by atoms with Crippen molar-refractivity contribution < 1.29 is 9.53 Å². The number of likely N-dealkylation sites (tertiary alicyclic amines) is 1. The summed E-state index contributed by atoms with van der Waals surface area (Å²) in [6.07, 6.45) is 5.13. The first-order valence-corrected chi connectivity index (χ1v) is 8.50. The summed E-state index contributed by atoms with van der Waals surface area (Å²) < 4.78 is 5.84. The monoisotopic (exact) mass is 302 g/mol. The largest absolute Gasteiger partial charge is 0.493 e. The molecule has 1 unspecified atom stereocenters. The number of nitrogens with one attached hydrogen (secondary N) is 1. The maximum Gasteiger partial charge on any atom is 0.224 e. The number of ether oxygens (including phenoxy) is 1. The van der Waals surface area contributed by atoms with Crippen molar-refractivity contribution in [3.05, 3.63) is 30.3 Å². The summed E-state index contributed by atoms with van der Waals surface area (Å²) in [5.74, 6) is 1.82. The SMILES string of the molecule is O=C(CC1CCCN1)N1CCC(COc2ccccc2)CC1. The fourth-order valence-electron chi connectivity index (χ4n) is 3.35. The minimum atomic E-state index is 0.321. The average Bonchev–Trinajstić information content (AvgIpc) is 3.07. The predicted molar refractivity (Wildman–Crippen MR) is 86.9 cm³/mol. The summed E-state index contributed by atoms with van der Waals surface area (Å²) in [4.78, 5) is 14.3. The molecule has 0 aliphatic carbocycles. The van der Waals surface area contributed by atoms with Gasteiger partial charge in [0.1, 0.15) is 5.75 Å². The highest BCUT2D eigenvalue weighted by atomic mass is 16.5. The number of benzene rings is 1. The molecule has 0 saturated carbocycles. The van der Waals surface area contributed by atoms with E-state index in [1.165, 1.54) is 6.42 Å². The fourth-order valence-corrected chi connectivity index (χ4v) is 3.35. The van der Waals surface area contributed by atoms with Crippen molar-refractivity contribution in [1.29, 1.82) is 0 Å². The topological polar surface area (TPSA) is 41.6 Å². The van der Waals surface area contributed by atoms with Crippen molar-refractivity contribution in [1.82, 2.24) is 10.2 Å². The van der Waals surface area contributed by atoms with Gasteiger partial charge < -0.3 is 15.0 Å². The van der Waals surface area contributed by atoms with Crippen LogP contribution in [0.5, 0.6) is 5.75 Å². The molecule has 0 spiro atoms. The van der Waals surface area contributed by atoms with Crippen LogP contribution in [0.3, 0.4) is 0 Å². The number of piperidine rings is 1. The second kappa shape index (κ2) is 7.63. The van der Waals surface area contributed by atoms with E-state index >= 15 is 0 Å². The zero-order valence-corrected chi connectivity index (χ0v) is 13.2. The summed E-state index contributed by atoms with van der Waals surface area (Å²) in [7, 11) is 0. The Morgan fingerprint density at radius 2 is 1.95 bits per heavy atom. The van der Waals surface area contributed by atoms with E-state index in [2.05, 4.69) is 5.32 Å². The Hall–Kier alpha value is -1.55. The smallest absolute Gasteiger partial charge is 0.224 e. The van der Waals surface area contributed by atoms with Crippen LogP contribution in [0.15, 0.2) is 30.3 Å². The molecule has 2 aliphatic rings. The van der Waals surface area contributed by atoms with Gasteiger partial charge in [0.2, 0.25) is 5.91 Å². The molecule has 1 aromatic rings. The van der Waals surface area contributed by atoms with Crippen LogP contribution in [0, 0.1) is 5.92 Å². The molecule has 2 fully saturated rings. The van der Waals surface area contributed by atoms with Crippen LogP contribution in [0.1, 0.15) is 32.1 Å². The molecule has 1 N–H and O–H groups in total. The van der Waals surface area contributed by atoms with Crippen molar-refractivity contribution in [3.63, 3.8) is 0 Å². The molecule has 1 amide bonds. The second-order valence-corrected chi connectivity index (χ2v) is 6.45. The first-order valence-electron chi connectivity index (χ1n) is 8.50. The van der Waals surface area contributed by atoms with Crippen LogP contribution in [0.25, 0.3) is 0 Å². The van der Waals surface area contributed by atoms with E-state index in [9.17, 15) is 4.79 Å². The van der Waals surface area contributed by atoms with E-state index < -0.39 is 0 Å². The van der Waals surface area contributed by atoms with E-state index in [1.807, 2.05) is 35.2 Å². The Morgan fingerprint density at radius 3 is 2.64 bits per heavy atom. The van der Waals surface area contributed by atoms with E-state index in [0.29, 0.717) is 24.3 Å². The first kappa shape index (κ1) is 15.3. The van der Waals surface area contributed by atoms with Crippen LogP contribution in [-0.4, -0.2) is 43.1 Å². The van der Waals surface area contributed by atoms with Crippen LogP contribution >= 0.6 is 0 Å². The molecular formula is C18H26N2O2. The molecule has 4 nitrogen and oxygen atoms in total. The number of nitrogens with zero attached hydrogens (tertiary/aromatic N) is 1. The number of rotatable bonds is 5. The number of carbonyl (C=O) groups is 1. The van der Waals surface area contributed by atoms with Crippen LogP contribution < -0.4 is 10.1 Å². The molecule has 2 aliphatic heterocycles. The summed E-state index contributed by atoms with van der Waals surface area (Å²) in [6, 6.07) is 10.4. The van der Waals surface area contributed by atoms with Crippen LogP contribution in [0.2, 0.25) is 0 Å². The van der Waals surface area contributed by atoms with Gasteiger partial charge in [-0.25, -0.2) is 0 Å². The number of hydrogen-bond donors (Lipinski definition) is 1. The highest BCUT2D eigenvalue weighted by Gasteiger charge is 2.26. The molecule has 22 heavy (non-hydrogen) atoms. The van der Waals surface area contributed by atoms with Crippen LogP contribution in [-0.2, 0) is 4.79 Å². The highest BCUT2D eigenvalue weighted by molar-refractivity contribution is 5.77. The summed E-state index contributed by atoms with van der Waals surface area (Å²) in [5, 5.41) is 3.41. The third-order valence-electron chi connectivity index (χ3n) is 4.78. The number of para-hydroxylation sites is 1. The van der Waals surface area contributed by atoms with Gasteiger partial charge in [-0.3, -0.25) is 4.79 Å². The molecule has 1 aromatic carbocycles. The maximum atomic E-state index is 12.3. The van der Waals surface area contributed by atoms with Gasteiger partial charge in [0, 0.05) is 25.6 Å². The second-order valence-electron chi connectivity index (χ2n) is 6.45. The van der Waals surface area contributed by atoms with Crippen molar-refractivity contribution in [3.8, 4) is 5.75 Å². The van der Waals surface area contributed by atoms with Gasteiger partial charge in [-0.1, -0.05) is 18.2 Å². The quantitative estimate of drug-likeness (QED) is 0.908. The molecule has 0 radical (unpaired) electrons. The molecule has 1 atom stereocenters. The normalized spacial score (nSPS) is 22.7. The number of carbonyl (C=O) groups excluding carboxylic acids is 1. The summed E-state index contributed by atoms with van der Waals surface area (Å²) in [6.45, 7) is 3.59. The van der Waals surface area contributed by atoms with Gasteiger partial charge in [0.15, 0.2) is 0 Å². The molecule has 120 valence electrons. The molecule has 2 saturated heterocycles. The standard InChI is InChI=1S/C18H26N2O2/c21-18(13-16-5-4-10-19-16)20-11-8-15(9-12-20)14-22-17-6-2-1-3-7-17/h1-3,6-7,15-16,19H,4-5,8-14H2. The van der Waals surface area contributed by atoms with E-state index in [1.54, 1.807) is 0 Å². The molecule has 3 rings (SSSR count). The zero-order chi connectivity index (χ0) is 15.2. The number of amides is 1.